The Bertz CT molecular complexity index is 324. The van der Waals surface area contributed by atoms with Crippen LogP contribution in [0.15, 0.2) is 12.4 Å². The average Bonchev–Trinajstić information content (AvgIpc) is 2.65. The molecule has 14 heavy (non-hydrogen) atoms. The number of carbonyl (C=O) groups excluding carboxylic acids is 1. The molecule has 0 bridgehead atoms. The zero-order valence-electron chi connectivity index (χ0n) is 8.55. The standard InChI is InChI=1S/C11H16N2O/c1-9-7-12-8-10(9)11(14)13-5-3-2-4-6-13/h7-8,12H,2-6H2,1H3. The molecule has 0 aliphatic carbocycles. The molecule has 1 fully saturated rings. The van der Waals surface area contributed by atoms with Crippen molar-refractivity contribution in [2.75, 3.05) is 13.1 Å². The summed E-state index contributed by atoms with van der Waals surface area (Å²) >= 11 is 0. The summed E-state index contributed by atoms with van der Waals surface area (Å²) in [5.41, 5.74) is 1.87. The maximum absolute atomic E-state index is 12.0. The SMILES string of the molecule is Cc1c[nH]cc1C(=O)N1CCCCC1. The van der Waals surface area contributed by atoms with Crippen molar-refractivity contribution in [3.8, 4) is 0 Å². The fourth-order valence-electron chi connectivity index (χ4n) is 1.94. The molecule has 0 atom stereocenters. The quantitative estimate of drug-likeness (QED) is 0.725. The summed E-state index contributed by atoms with van der Waals surface area (Å²) in [6.45, 7) is 3.81. The molecule has 1 aromatic rings. The molecule has 1 N–H and O–H groups in total. The van der Waals surface area contributed by atoms with Gasteiger partial charge in [0.2, 0.25) is 0 Å². The van der Waals surface area contributed by atoms with Crippen LogP contribution in [0.3, 0.4) is 0 Å². The van der Waals surface area contributed by atoms with Crippen molar-refractivity contribution in [1.29, 1.82) is 0 Å². The Labute approximate surface area is 84.1 Å². The van der Waals surface area contributed by atoms with Gasteiger partial charge in [0.1, 0.15) is 0 Å². The molecule has 0 unspecified atom stereocenters. The van der Waals surface area contributed by atoms with E-state index in [-0.39, 0.29) is 5.91 Å². The van der Waals surface area contributed by atoms with E-state index in [0.717, 1.165) is 37.1 Å². The molecule has 3 heteroatoms. The molecular weight excluding hydrogens is 176 g/mol. The van der Waals surface area contributed by atoms with Crippen LogP contribution in [0, 0.1) is 6.92 Å². The van der Waals surface area contributed by atoms with Gasteiger partial charge in [0.15, 0.2) is 0 Å². The zero-order valence-corrected chi connectivity index (χ0v) is 8.55. The van der Waals surface area contributed by atoms with E-state index in [0.29, 0.717) is 0 Å². The number of nitrogens with zero attached hydrogens (tertiary/aromatic N) is 1. The van der Waals surface area contributed by atoms with Crippen molar-refractivity contribution in [2.24, 2.45) is 0 Å². The maximum Gasteiger partial charge on any atom is 0.255 e. The Kier molecular flexibility index (Phi) is 2.57. The Morgan fingerprint density at radius 2 is 2.00 bits per heavy atom. The van der Waals surface area contributed by atoms with Crippen LogP contribution < -0.4 is 0 Å². The molecular formula is C11H16N2O. The number of carbonyl (C=O) groups is 1. The number of H-pyrrole nitrogens is 1. The summed E-state index contributed by atoms with van der Waals surface area (Å²) in [4.78, 5) is 16.9. The second-order valence-corrected chi connectivity index (χ2v) is 3.90. The third-order valence-electron chi connectivity index (χ3n) is 2.83. The molecule has 1 saturated heterocycles. The zero-order chi connectivity index (χ0) is 9.97. The first kappa shape index (κ1) is 9.31. The predicted molar refractivity (Wildman–Crippen MR) is 55.3 cm³/mol. The van der Waals surface area contributed by atoms with E-state index in [9.17, 15) is 4.79 Å². The van der Waals surface area contributed by atoms with Gasteiger partial charge in [-0.25, -0.2) is 0 Å². The van der Waals surface area contributed by atoms with Gasteiger partial charge in [-0.05, 0) is 31.7 Å². The van der Waals surface area contributed by atoms with Gasteiger partial charge in [-0.3, -0.25) is 4.79 Å². The lowest BCUT2D eigenvalue weighted by atomic mass is 10.1. The van der Waals surface area contributed by atoms with Gasteiger partial charge >= 0.3 is 0 Å². The minimum Gasteiger partial charge on any atom is -0.367 e. The van der Waals surface area contributed by atoms with Crippen molar-refractivity contribution in [3.63, 3.8) is 0 Å². The first-order chi connectivity index (χ1) is 6.79. The van der Waals surface area contributed by atoms with E-state index in [2.05, 4.69) is 4.98 Å². The molecule has 3 nitrogen and oxygen atoms in total. The summed E-state index contributed by atoms with van der Waals surface area (Å²) in [5.74, 6) is 0.184. The van der Waals surface area contributed by atoms with Gasteiger partial charge in [-0.2, -0.15) is 0 Å². The molecule has 0 aromatic carbocycles. The van der Waals surface area contributed by atoms with Gasteiger partial charge in [-0.1, -0.05) is 0 Å². The van der Waals surface area contributed by atoms with Crippen molar-refractivity contribution in [3.05, 3.63) is 23.5 Å². The topological polar surface area (TPSA) is 36.1 Å². The van der Waals surface area contributed by atoms with E-state index < -0.39 is 0 Å². The number of hydrogen-bond acceptors (Lipinski definition) is 1. The van der Waals surface area contributed by atoms with Crippen molar-refractivity contribution in [1.82, 2.24) is 9.88 Å². The molecule has 1 aliphatic rings. The van der Waals surface area contributed by atoms with Gasteiger partial charge in [0.25, 0.3) is 5.91 Å². The highest BCUT2D eigenvalue weighted by atomic mass is 16.2. The van der Waals surface area contributed by atoms with Crippen LogP contribution in [0.2, 0.25) is 0 Å². The molecule has 1 amide bonds. The highest BCUT2D eigenvalue weighted by Gasteiger charge is 2.19. The van der Waals surface area contributed by atoms with Crippen molar-refractivity contribution >= 4 is 5.91 Å². The van der Waals surface area contributed by atoms with Crippen LogP contribution in [0.4, 0.5) is 0 Å². The van der Waals surface area contributed by atoms with E-state index >= 15 is 0 Å². The monoisotopic (exact) mass is 192 g/mol. The average molecular weight is 192 g/mol. The summed E-state index contributed by atoms with van der Waals surface area (Å²) in [5, 5.41) is 0. The number of aromatic amines is 1. The Morgan fingerprint density at radius 1 is 1.29 bits per heavy atom. The third kappa shape index (κ3) is 1.67. The molecule has 0 radical (unpaired) electrons. The highest BCUT2D eigenvalue weighted by molar-refractivity contribution is 5.95. The smallest absolute Gasteiger partial charge is 0.255 e. The number of aryl methyl sites for hydroxylation is 1. The Balaban J connectivity index is 2.11. The first-order valence-corrected chi connectivity index (χ1v) is 5.21. The van der Waals surface area contributed by atoms with Crippen LogP contribution in [-0.2, 0) is 0 Å². The van der Waals surface area contributed by atoms with E-state index in [1.165, 1.54) is 6.42 Å². The summed E-state index contributed by atoms with van der Waals surface area (Å²) in [6.07, 6.45) is 7.23. The van der Waals surface area contributed by atoms with Gasteiger partial charge in [0, 0.05) is 25.5 Å². The summed E-state index contributed by atoms with van der Waals surface area (Å²) < 4.78 is 0. The fraction of sp³-hybridized carbons (Fsp3) is 0.545. The Morgan fingerprint density at radius 3 is 2.57 bits per heavy atom. The number of piperidine rings is 1. The number of likely N-dealkylation sites (tertiary alicyclic amines) is 1. The Hall–Kier alpha value is -1.25. The van der Waals surface area contributed by atoms with Crippen molar-refractivity contribution in [2.45, 2.75) is 26.2 Å². The minimum atomic E-state index is 0.184. The number of hydrogen-bond donors (Lipinski definition) is 1. The van der Waals surface area contributed by atoms with Crippen LogP contribution in [0.1, 0.15) is 35.2 Å². The van der Waals surface area contributed by atoms with E-state index in [4.69, 9.17) is 0 Å². The van der Waals surface area contributed by atoms with E-state index in [1.807, 2.05) is 18.0 Å². The molecule has 2 heterocycles. The number of aromatic nitrogens is 1. The third-order valence-corrected chi connectivity index (χ3v) is 2.83. The number of nitrogens with one attached hydrogen (secondary N) is 1. The predicted octanol–water partition coefficient (Wildman–Crippen LogP) is 1.95. The second-order valence-electron chi connectivity index (χ2n) is 3.90. The number of amides is 1. The molecule has 0 spiro atoms. The van der Waals surface area contributed by atoms with Crippen LogP contribution >= 0.6 is 0 Å². The lowest BCUT2D eigenvalue weighted by molar-refractivity contribution is 0.0724. The summed E-state index contributed by atoms with van der Waals surface area (Å²) in [6, 6.07) is 0. The van der Waals surface area contributed by atoms with Crippen LogP contribution in [0.5, 0.6) is 0 Å². The minimum absolute atomic E-state index is 0.184. The second kappa shape index (κ2) is 3.86. The molecule has 2 rings (SSSR count). The van der Waals surface area contributed by atoms with Crippen LogP contribution in [0.25, 0.3) is 0 Å². The summed E-state index contributed by atoms with van der Waals surface area (Å²) in [7, 11) is 0. The first-order valence-electron chi connectivity index (χ1n) is 5.21. The molecule has 1 aliphatic heterocycles. The normalized spacial score (nSPS) is 17.1. The molecule has 1 aromatic heterocycles. The largest absolute Gasteiger partial charge is 0.367 e. The van der Waals surface area contributed by atoms with Crippen molar-refractivity contribution < 1.29 is 4.79 Å². The lowest BCUT2D eigenvalue weighted by Crippen LogP contribution is -2.35. The maximum atomic E-state index is 12.0. The highest BCUT2D eigenvalue weighted by Crippen LogP contribution is 2.14. The fourth-order valence-corrected chi connectivity index (χ4v) is 1.94. The lowest BCUT2D eigenvalue weighted by Gasteiger charge is -2.26. The van der Waals surface area contributed by atoms with Crippen LogP contribution in [-0.4, -0.2) is 28.9 Å². The van der Waals surface area contributed by atoms with Gasteiger partial charge in [-0.15, -0.1) is 0 Å². The number of rotatable bonds is 1. The molecule has 76 valence electrons. The van der Waals surface area contributed by atoms with Gasteiger partial charge in [0.05, 0.1) is 5.56 Å². The van der Waals surface area contributed by atoms with Gasteiger partial charge < -0.3 is 9.88 Å². The van der Waals surface area contributed by atoms with E-state index in [1.54, 1.807) is 6.20 Å². The molecule has 0 saturated carbocycles.